The van der Waals surface area contributed by atoms with Gasteiger partial charge in [-0.25, -0.2) is 4.39 Å². The van der Waals surface area contributed by atoms with E-state index in [4.69, 9.17) is 5.11 Å². The molecule has 2 rings (SSSR count). The van der Waals surface area contributed by atoms with Gasteiger partial charge >= 0.3 is 0 Å². The highest BCUT2D eigenvalue weighted by atomic mass is 19.1. The van der Waals surface area contributed by atoms with E-state index in [9.17, 15) is 9.18 Å². The van der Waals surface area contributed by atoms with Crippen molar-refractivity contribution in [2.45, 2.75) is 25.8 Å². The van der Waals surface area contributed by atoms with Crippen LogP contribution in [0.5, 0.6) is 0 Å². The Kier molecular flexibility index (Phi) is 3.43. The smallest absolute Gasteiger partial charge is 0.257 e. The predicted molar refractivity (Wildman–Crippen MR) is 62.3 cm³/mol. The molecule has 0 radical (unpaired) electrons. The van der Waals surface area contributed by atoms with Gasteiger partial charge in [-0.3, -0.25) is 4.79 Å². The molecular formula is C13H16FNO2. The van der Waals surface area contributed by atoms with E-state index in [1.54, 1.807) is 24.0 Å². The van der Waals surface area contributed by atoms with Crippen LogP contribution in [-0.2, 0) is 0 Å². The van der Waals surface area contributed by atoms with Gasteiger partial charge in [-0.2, -0.15) is 0 Å². The summed E-state index contributed by atoms with van der Waals surface area (Å²) in [4.78, 5) is 13.7. The summed E-state index contributed by atoms with van der Waals surface area (Å²) in [6, 6.07) is 4.99. The molecule has 1 fully saturated rings. The maximum Gasteiger partial charge on any atom is 0.257 e. The van der Waals surface area contributed by atoms with Gasteiger partial charge in [0.25, 0.3) is 5.91 Å². The van der Waals surface area contributed by atoms with Crippen LogP contribution < -0.4 is 0 Å². The van der Waals surface area contributed by atoms with Gasteiger partial charge in [-0.05, 0) is 31.4 Å². The number of rotatable bonds is 4. The second kappa shape index (κ2) is 4.84. The molecule has 0 heterocycles. The lowest BCUT2D eigenvalue weighted by Gasteiger charge is -2.21. The third kappa shape index (κ3) is 2.47. The summed E-state index contributed by atoms with van der Waals surface area (Å²) in [5.74, 6) is -0.774. The Morgan fingerprint density at radius 3 is 2.82 bits per heavy atom. The second-order valence-electron chi connectivity index (χ2n) is 4.39. The van der Waals surface area contributed by atoms with Crippen LogP contribution in [0.2, 0.25) is 0 Å². The minimum atomic E-state index is -0.457. The number of halogens is 1. The van der Waals surface area contributed by atoms with Crippen LogP contribution in [0, 0.1) is 12.7 Å². The summed E-state index contributed by atoms with van der Waals surface area (Å²) in [6.45, 7) is 1.83. The number of hydrogen-bond acceptors (Lipinski definition) is 2. The summed E-state index contributed by atoms with van der Waals surface area (Å²) in [6.07, 6.45) is 1.89. The Morgan fingerprint density at radius 2 is 2.24 bits per heavy atom. The van der Waals surface area contributed by atoms with Gasteiger partial charge < -0.3 is 10.0 Å². The third-order valence-corrected chi connectivity index (χ3v) is 3.01. The standard InChI is InChI=1S/C13H16FNO2/c1-9-3-2-4-11(12(9)14)13(17)15(7-8-16)10-5-6-10/h2-4,10,16H,5-8H2,1H3. The third-order valence-electron chi connectivity index (χ3n) is 3.01. The average molecular weight is 237 g/mol. The van der Waals surface area contributed by atoms with Crippen molar-refractivity contribution in [1.29, 1.82) is 0 Å². The maximum absolute atomic E-state index is 13.8. The Morgan fingerprint density at radius 1 is 1.53 bits per heavy atom. The number of hydrogen-bond donors (Lipinski definition) is 1. The largest absolute Gasteiger partial charge is 0.395 e. The zero-order chi connectivity index (χ0) is 12.4. The first-order valence-corrected chi connectivity index (χ1v) is 5.82. The minimum absolute atomic E-state index is 0.0876. The zero-order valence-electron chi connectivity index (χ0n) is 9.82. The van der Waals surface area contributed by atoms with Crippen LogP contribution in [0.4, 0.5) is 4.39 Å². The Hall–Kier alpha value is -1.42. The van der Waals surface area contributed by atoms with Crippen molar-refractivity contribution < 1.29 is 14.3 Å². The van der Waals surface area contributed by atoms with E-state index >= 15 is 0 Å². The maximum atomic E-state index is 13.8. The summed E-state index contributed by atoms with van der Waals surface area (Å²) >= 11 is 0. The van der Waals surface area contributed by atoms with Gasteiger partial charge in [0.05, 0.1) is 12.2 Å². The number of aliphatic hydroxyl groups is 1. The number of aryl methyl sites for hydroxylation is 1. The normalized spacial score (nSPS) is 14.8. The summed E-state index contributed by atoms with van der Waals surface area (Å²) in [7, 11) is 0. The number of carbonyl (C=O) groups is 1. The van der Waals surface area contributed by atoms with E-state index in [1.165, 1.54) is 6.07 Å². The molecular weight excluding hydrogens is 221 g/mol. The molecule has 0 unspecified atom stereocenters. The van der Waals surface area contributed by atoms with Gasteiger partial charge in [0.15, 0.2) is 0 Å². The van der Waals surface area contributed by atoms with Crippen molar-refractivity contribution in [2.24, 2.45) is 0 Å². The topological polar surface area (TPSA) is 40.5 Å². The van der Waals surface area contributed by atoms with Gasteiger partial charge in [-0.15, -0.1) is 0 Å². The highest BCUT2D eigenvalue weighted by molar-refractivity contribution is 5.95. The van der Waals surface area contributed by atoms with E-state index in [0.29, 0.717) is 5.56 Å². The van der Waals surface area contributed by atoms with E-state index in [2.05, 4.69) is 0 Å². The van der Waals surface area contributed by atoms with Crippen molar-refractivity contribution >= 4 is 5.91 Å². The fourth-order valence-electron chi connectivity index (χ4n) is 1.91. The number of nitrogens with zero attached hydrogens (tertiary/aromatic N) is 1. The molecule has 1 amide bonds. The molecule has 0 atom stereocenters. The van der Waals surface area contributed by atoms with Crippen molar-refractivity contribution in [2.75, 3.05) is 13.2 Å². The van der Waals surface area contributed by atoms with Crippen molar-refractivity contribution in [3.05, 3.63) is 35.1 Å². The van der Waals surface area contributed by atoms with Crippen LogP contribution in [0.15, 0.2) is 18.2 Å². The Bertz CT molecular complexity index is 429. The molecule has 1 aromatic carbocycles. The van der Waals surface area contributed by atoms with E-state index < -0.39 is 5.82 Å². The molecule has 0 aliphatic heterocycles. The summed E-state index contributed by atoms with van der Waals surface area (Å²) in [5, 5.41) is 8.95. The minimum Gasteiger partial charge on any atom is -0.395 e. The first-order valence-electron chi connectivity index (χ1n) is 5.82. The van der Waals surface area contributed by atoms with E-state index in [-0.39, 0.29) is 30.7 Å². The summed E-state index contributed by atoms with van der Waals surface area (Å²) in [5.41, 5.74) is 0.570. The quantitative estimate of drug-likeness (QED) is 0.866. The number of amides is 1. The molecule has 92 valence electrons. The van der Waals surface area contributed by atoms with E-state index in [1.807, 2.05) is 0 Å². The van der Waals surface area contributed by atoms with Crippen LogP contribution in [0.3, 0.4) is 0 Å². The first-order chi connectivity index (χ1) is 8.15. The molecule has 1 saturated carbocycles. The fraction of sp³-hybridized carbons (Fsp3) is 0.462. The molecule has 0 bridgehead atoms. The molecule has 4 heteroatoms. The molecule has 1 aromatic rings. The van der Waals surface area contributed by atoms with Gasteiger partial charge in [0.1, 0.15) is 5.82 Å². The molecule has 3 nitrogen and oxygen atoms in total. The highest BCUT2D eigenvalue weighted by Crippen LogP contribution is 2.28. The van der Waals surface area contributed by atoms with Crippen molar-refractivity contribution in [3.63, 3.8) is 0 Å². The monoisotopic (exact) mass is 237 g/mol. The van der Waals surface area contributed by atoms with Crippen LogP contribution >= 0.6 is 0 Å². The summed E-state index contributed by atoms with van der Waals surface area (Å²) < 4.78 is 13.8. The molecule has 1 N–H and O–H groups in total. The number of aliphatic hydroxyl groups excluding tert-OH is 1. The van der Waals surface area contributed by atoms with Crippen molar-refractivity contribution in [3.8, 4) is 0 Å². The van der Waals surface area contributed by atoms with E-state index in [0.717, 1.165) is 12.8 Å². The first kappa shape index (κ1) is 12.0. The predicted octanol–water partition coefficient (Wildman–Crippen LogP) is 1.73. The fourth-order valence-corrected chi connectivity index (χ4v) is 1.91. The van der Waals surface area contributed by atoms with Gasteiger partial charge in [0, 0.05) is 12.6 Å². The van der Waals surface area contributed by atoms with Crippen LogP contribution in [0.1, 0.15) is 28.8 Å². The lowest BCUT2D eigenvalue weighted by atomic mass is 10.1. The average Bonchev–Trinajstić information content (AvgIpc) is 3.13. The molecule has 0 saturated heterocycles. The lowest BCUT2D eigenvalue weighted by molar-refractivity contribution is 0.0702. The lowest BCUT2D eigenvalue weighted by Crippen LogP contribution is -2.36. The van der Waals surface area contributed by atoms with Crippen molar-refractivity contribution in [1.82, 2.24) is 4.90 Å². The highest BCUT2D eigenvalue weighted by Gasteiger charge is 2.33. The Balaban J connectivity index is 2.25. The molecule has 1 aliphatic carbocycles. The molecule has 0 aromatic heterocycles. The number of benzene rings is 1. The second-order valence-corrected chi connectivity index (χ2v) is 4.39. The molecule has 0 spiro atoms. The Labute approximate surface area is 99.9 Å². The SMILES string of the molecule is Cc1cccc(C(=O)N(CCO)C2CC2)c1F. The molecule has 17 heavy (non-hydrogen) atoms. The van der Waals surface area contributed by atoms with Crippen LogP contribution in [0.25, 0.3) is 0 Å². The number of carbonyl (C=O) groups excluding carboxylic acids is 1. The van der Waals surface area contributed by atoms with Gasteiger partial charge in [-0.1, -0.05) is 12.1 Å². The van der Waals surface area contributed by atoms with Crippen LogP contribution in [-0.4, -0.2) is 35.1 Å². The molecule has 1 aliphatic rings. The zero-order valence-corrected chi connectivity index (χ0v) is 9.82. The van der Waals surface area contributed by atoms with Gasteiger partial charge in [0.2, 0.25) is 0 Å².